The number of benzene rings is 2. The van der Waals surface area contributed by atoms with Gasteiger partial charge in [0.25, 0.3) is 11.8 Å². The molecule has 2 aliphatic heterocycles. The molecule has 0 aromatic heterocycles. The van der Waals surface area contributed by atoms with E-state index >= 15 is 0 Å². The molecule has 2 aromatic rings. The van der Waals surface area contributed by atoms with Crippen molar-refractivity contribution in [2.24, 2.45) is 11.8 Å². The lowest BCUT2D eigenvalue weighted by Gasteiger charge is -2.37. The van der Waals surface area contributed by atoms with Crippen LogP contribution in [0.5, 0.6) is 0 Å². The molecule has 0 spiro atoms. The van der Waals surface area contributed by atoms with Crippen LogP contribution in [0.2, 0.25) is 0 Å². The third-order valence-corrected chi connectivity index (χ3v) is 5.46. The van der Waals surface area contributed by atoms with Gasteiger partial charge in [0.05, 0.1) is 11.3 Å². The van der Waals surface area contributed by atoms with Gasteiger partial charge in [-0.05, 0) is 36.0 Å². The Hall–Kier alpha value is -3.02. The summed E-state index contributed by atoms with van der Waals surface area (Å²) in [5.74, 6) is -2.14. The molecule has 4 nitrogen and oxygen atoms in total. The molecule has 2 amide bonds. The fraction of sp³-hybridized carbons (Fsp3) is 0.304. The van der Waals surface area contributed by atoms with E-state index in [-0.39, 0.29) is 11.3 Å². The molecule has 0 aliphatic carbocycles. The largest absolute Gasteiger partial charge is 0.366 e. The summed E-state index contributed by atoms with van der Waals surface area (Å²) in [6, 6.07) is 11.8. The van der Waals surface area contributed by atoms with Crippen molar-refractivity contribution >= 4 is 23.1 Å². The number of imide groups is 1. The molecule has 2 aliphatic rings. The summed E-state index contributed by atoms with van der Waals surface area (Å²) in [4.78, 5) is 29.5. The van der Waals surface area contributed by atoms with Crippen LogP contribution >= 0.6 is 0 Å². The van der Waals surface area contributed by atoms with Crippen LogP contribution in [0.25, 0.3) is 5.57 Å². The Balaban J connectivity index is 1.84. The standard InChI is InChI=1S/C23H22F2N2O2/c1-14-10-15(2)13-26(12-14)21-20(16-6-4-3-5-7-16)22(28)27(23(21)29)19-9-8-17(24)11-18(19)25/h3-9,11,14-15H,10,12-13H2,1-2H3. The number of nitrogens with zero attached hydrogens (tertiary/aromatic N) is 2. The van der Waals surface area contributed by atoms with E-state index in [0.717, 1.165) is 23.5 Å². The van der Waals surface area contributed by atoms with E-state index in [4.69, 9.17) is 0 Å². The van der Waals surface area contributed by atoms with Gasteiger partial charge >= 0.3 is 0 Å². The predicted octanol–water partition coefficient (Wildman–Crippen LogP) is 4.23. The number of anilines is 1. The summed E-state index contributed by atoms with van der Waals surface area (Å²) in [5, 5.41) is 0. The fourth-order valence-electron chi connectivity index (χ4n) is 4.40. The molecule has 150 valence electrons. The molecule has 6 heteroatoms. The van der Waals surface area contributed by atoms with Crippen molar-refractivity contribution in [3.63, 3.8) is 0 Å². The zero-order valence-electron chi connectivity index (χ0n) is 16.4. The Morgan fingerprint density at radius 1 is 0.897 bits per heavy atom. The van der Waals surface area contributed by atoms with Crippen molar-refractivity contribution in [1.82, 2.24) is 4.90 Å². The third-order valence-electron chi connectivity index (χ3n) is 5.46. The monoisotopic (exact) mass is 396 g/mol. The van der Waals surface area contributed by atoms with Crippen LogP contribution in [-0.2, 0) is 9.59 Å². The van der Waals surface area contributed by atoms with Crippen molar-refractivity contribution in [2.45, 2.75) is 20.3 Å². The number of rotatable bonds is 3. The highest BCUT2D eigenvalue weighted by molar-refractivity contribution is 6.45. The Morgan fingerprint density at radius 3 is 2.17 bits per heavy atom. The van der Waals surface area contributed by atoms with Crippen LogP contribution in [0.4, 0.5) is 14.5 Å². The number of hydrogen-bond donors (Lipinski definition) is 0. The smallest absolute Gasteiger partial charge is 0.282 e. The van der Waals surface area contributed by atoms with Crippen molar-refractivity contribution in [3.05, 3.63) is 71.4 Å². The third kappa shape index (κ3) is 3.43. The van der Waals surface area contributed by atoms with Crippen molar-refractivity contribution in [2.75, 3.05) is 18.0 Å². The molecule has 2 aromatic carbocycles. The van der Waals surface area contributed by atoms with E-state index in [9.17, 15) is 18.4 Å². The molecule has 0 radical (unpaired) electrons. The van der Waals surface area contributed by atoms with Crippen LogP contribution in [0.15, 0.2) is 54.2 Å². The van der Waals surface area contributed by atoms with Crippen LogP contribution in [0, 0.1) is 23.5 Å². The van der Waals surface area contributed by atoms with Crippen LogP contribution < -0.4 is 4.90 Å². The summed E-state index contributed by atoms with van der Waals surface area (Å²) < 4.78 is 27.8. The minimum Gasteiger partial charge on any atom is -0.366 e. The number of piperidine rings is 1. The fourth-order valence-corrected chi connectivity index (χ4v) is 4.40. The first-order valence-corrected chi connectivity index (χ1v) is 9.75. The van der Waals surface area contributed by atoms with Crippen molar-refractivity contribution in [1.29, 1.82) is 0 Å². The normalized spacial score (nSPS) is 22.6. The van der Waals surface area contributed by atoms with E-state index in [1.54, 1.807) is 24.3 Å². The highest BCUT2D eigenvalue weighted by Gasteiger charge is 2.44. The van der Waals surface area contributed by atoms with Crippen LogP contribution in [0.3, 0.4) is 0 Å². The quantitative estimate of drug-likeness (QED) is 0.729. The van der Waals surface area contributed by atoms with Gasteiger partial charge in [-0.2, -0.15) is 0 Å². The molecule has 1 saturated heterocycles. The van der Waals surface area contributed by atoms with Gasteiger partial charge in [0.15, 0.2) is 0 Å². The zero-order valence-corrected chi connectivity index (χ0v) is 16.4. The summed E-state index contributed by atoms with van der Waals surface area (Å²) in [7, 11) is 0. The second kappa shape index (κ2) is 7.43. The molecular formula is C23H22F2N2O2. The second-order valence-corrected chi connectivity index (χ2v) is 7.98. The minimum atomic E-state index is -0.944. The first-order valence-electron chi connectivity index (χ1n) is 9.75. The molecule has 2 unspecified atom stereocenters. The van der Waals surface area contributed by atoms with Gasteiger partial charge in [-0.1, -0.05) is 44.2 Å². The average Bonchev–Trinajstić information content (AvgIpc) is 2.92. The van der Waals surface area contributed by atoms with E-state index in [0.29, 0.717) is 42.3 Å². The number of halogens is 2. The lowest BCUT2D eigenvalue weighted by atomic mass is 9.91. The number of carbonyl (C=O) groups excluding carboxylic acids is 2. The van der Waals surface area contributed by atoms with Gasteiger partial charge in [0.1, 0.15) is 17.3 Å². The number of likely N-dealkylation sites (tertiary alicyclic amines) is 1. The van der Waals surface area contributed by atoms with Gasteiger partial charge in [0, 0.05) is 19.2 Å². The molecule has 0 saturated carbocycles. The van der Waals surface area contributed by atoms with Crippen molar-refractivity contribution < 1.29 is 18.4 Å². The number of carbonyl (C=O) groups is 2. The number of amides is 2. The summed E-state index contributed by atoms with van der Waals surface area (Å²) in [6.07, 6.45) is 1.04. The van der Waals surface area contributed by atoms with Gasteiger partial charge in [0.2, 0.25) is 0 Å². The second-order valence-electron chi connectivity index (χ2n) is 7.98. The first kappa shape index (κ1) is 19.3. The highest BCUT2D eigenvalue weighted by Crippen LogP contribution is 2.38. The molecule has 2 atom stereocenters. The first-order chi connectivity index (χ1) is 13.9. The molecule has 1 fully saturated rings. The lowest BCUT2D eigenvalue weighted by Crippen LogP contribution is -2.42. The maximum absolute atomic E-state index is 14.5. The Kier molecular flexibility index (Phi) is 4.94. The van der Waals surface area contributed by atoms with Crippen LogP contribution in [0.1, 0.15) is 25.8 Å². The highest BCUT2D eigenvalue weighted by atomic mass is 19.1. The topological polar surface area (TPSA) is 40.6 Å². The van der Waals surface area contributed by atoms with E-state index in [1.165, 1.54) is 0 Å². The summed E-state index contributed by atoms with van der Waals surface area (Å²) >= 11 is 0. The van der Waals surface area contributed by atoms with Gasteiger partial charge < -0.3 is 4.90 Å². The molecule has 29 heavy (non-hydrogen) atoms. The van der Waals surface area contributed by atoms with E-state index in [2.05, 4.69) is 13.8 Å². The molecule has 4 rings (SSSR count). The van der Waals surface area contributed by atoms with Gasteiger partial charge in [-0.25, -0.2) is 13.7 Å². The lowest BCUT2D eigenvalue weighted by molar-refractivity contribution is -0.121. The zero-order chi connectivity index (χ0) is 20.7. The van der Waals surface area contributed by atoms with Gasteiger partial charge in [-0.15, -0.1) is 0 Å². The Morgan fingerprint density at radius 2 is 1.55 bits per heavy atom. The minimum absolute atomic E-state index is 0.233. The average molecular weight is 396 g/mol. The Labute approximate surface area is 168 Å². The predicted molar refractivity (Wildman–Crippen MR) is 107 cm³/mol. The van der Waals surface area contributed by atoms with Gasteiger partial charge in [-0.3, -0.25) is 9.59 Å². The van der Waals surface area contributed by atoms with E-state index < -0.39 is 23.4 Å². The summed E-state index contributed by atoms with van der Waals surface area (Å²) in [5.41, 5.74) is 0.934. The summed E-state index contributed by atoms with van der Waals surface area (Å²) in [6.45, 7) is 5.53. The molecule has 2 heterocycles. The molecular weight excluding hydrogens is 374 g/mol. The van der Waals surface area contributed by atoms with Crippen LogP contribution in [-0.4, -0.2) is 29.8 Å². The molecule has 0 N–H and O–H groups in total. The molecule has 0 bridgehead atoms. The SMILES string of the molecule is CC1CC(C)CN(C2=C(c3ccccc3)C(=O)N(c3ccc(F)cc3F)C2=O)C1. The Bertz CT molecular complexity index is 993. The maximum Gasteiger partial charge on any atom is 0.282 e. The van der Waals surface area contributed by atoms with E-state index in [1.807, 2.05) is 11.0 Å². The van der Waals surface area contributed by atoms with Crippen molar-refractivity contribution in [3.8, 4) is 0 Å². The maximum atomic E-state index is 14.5. The number of hydrogen-bond acceptors (Lipinski definition) is 3.